The maximum Gasteiger partial charge on any atom is 0.230 e. The van der Waals surface area contributed by atoms with Gasteiger partial charge in [-0.05, 0) is 31.2 Å². The van der Waals surface area contributed by atoms with E-state index in [9.17, 15) is 5.11 Å². The van der Waals surface area contributed by atoms with Crippen LogP contribution in [0.25, 0.3) is 11.5 Å². The van der Waals surface area contributed by atoms with E-state index in [-0.39, 0.29) is 12.6 Å². The first kappa shape index (κ1) is 23.2. The minimum absolute atomic E-state index is 0.114. The van der Waals surface area contributed by atoms with Gasteiger partial charge in [-0.3, -0.25) is 10.2 Å². The van der Waals surface area contributed by atoms with Crippen molar-refractivity contribution in [2.24, 2.45) is 0 Å². The number of hydrogen-bond acceptors (Lipinski definition) is 12. The molecular formula is C23H26N10OS. The van der Waals surface area contributed by atoms with Gasteiger partial charge in [-0.15, -0.1) is 11.3 Å². The number of piperazine rings is 1. The van der Waals surface area contributed by atoms with E-state index >= 15 is 0 Å². The lowest BCUT2D eigenvalue weighted by Crippen LogP contribution is -2.51. The molecule has 35 heavy (non-hydrogen) atoms. The van der Waals surface area contributed by atoms with E-state index in [2.05, 4.69) is 50.8 Å². The van der Waals surface area contributed by atoms with Crippen molar-refractivity contribution in [3.8, 4) is 11.5 Å². The summed E-state index contributed by atoms with van der Waals surface area (Å²) in [5.74, 6) is 2.18. The van der Waals surface area contributed by atoms with Crippen LogP contribution in [0.15, 0.2) is 48.1 Å². The molecule has 0 radical (unpaired) electrons. The molecule has 0 amide bonds. The average Bonchev–Trinajstić information content (AvgIpc) is 3.31. The van der Waals surface area contributed by atoms with Crippen molar-refractivity contribution in [3.63, 3.8) is 0 Å². The first-order valence-corrected chi connectivity index (χ1v) is 12.2. The lowest BCUT2D eigenvalue weighted by molar-refractivity contribution is 0.143. The summed E-state index contributed by atoms with van der Waals surface area (Å²) in [4.78, 5) is 29.2. The van der Waals surface area contributed by atoms with E-state index in [1.54, 1.807) is 24.5 Å². The molecule has 0 saturated carbocycles. The molecule has 0 spiro atoms. The fourth-order valence-electron chi connectivity index (χ4n) is 3.76. The zero-order chi connectivity index (χ0) is 24.0. The van der Waals surface area contributed by atoms with Crippen LogP contribution in [0.1, 0.15) is 11.4 Å². The van der Waals surface area contributed by atoms with Crippen LogP contribution in [0.2, 0.25) is 0 Å². The van der Waals surface area contributed by atoms with E-state index in [1.807, 2.05) is 30.5 Å². The van der Waals surface area contributed by atoms with Crippen LogP contribution in [0, 0.1) is 6.92 Å². The molecule has 1 atom stereocenters. The molecule has 4 aromatic heterocycles. The standard InChI is InChI=1S/C23H26N10OS/c1-15-3-2-4-18(27-15)21-25-7-5-19(30-21)29-20-6-8-26-22(31-20)32-23-28-17(14-35-23)12-33-10-9-24-16(11-33)13-34/h2-8,14,16,24,34H,9-13H2,1H3,(H2,25,26,28,29,30,31,32)/t16-/m1/s1. The third-order valence-electron chi connectivity index (χ3n) is 5.40. The second kappa shape index (κ2) is 10.8. The topological polar surface area (TPSA) is 137 Å². The van der Waals surface area contributed by atoms with Gasteiger partial charge in [0.2, 0.25) is 5.95 Å². The van der Waals surface area contributed by atoms with E-state index in [0.29, 0.717) is 29.1 Å². The normalized spacial score (nSPS) is 16.2. The lowest BCUT2D eigenvalue weighted by atomic mass is 10.2. The first-order chi connectivity index (χ1) is 17.1. The predicted molar refractivity (Wildman–Crippen MR) is 135 cm³/mol. The fraction of sp³-hybridized carbons (Fsp3) is 0.304. The highest BCUT2D eigenvalue weighted by molar-refractivity contribution is 7.13. The summed E-state index contributed by atoms with van der Waals surface area (Å²) in [6.45, 7) is 5.41. The van der Waals surface area contributed by atoms with E-state index in [4.69, 9.17) is 0 Å². The van der Waals surface area contributed by atoms with Gasteiger partial charge in [0.1, 0.15) is 17.3 Å². The monoisotopic (exact) mass is 490 g/mol. The molecule has 5 rings (SSSR count). The third kappa shape index (κ3) is 6.11. The number of anilines is 4. The zero-order valence-corrected chi connectivity index (χ0v) is 20.0. The molecule has 11 nitrogen and oxygen atoms in total. The second-order valence-corrected chi connectivity index (χ2v) is 9.02. The number of aromatic nitrogens is 6. The second-order valence-electron chi connectivity index (χ2n) is 8.16. The zero-order valence-electron chi connectivity index (χ0n) is 19.2. The number of aliphatic hydroxyl groups excluding tert-OH is 1. The number of aryl methyl sites for hydroxylation is 1. The SMILES string of the molecule is Cc1cccc(-c2nccc(Nc3ccnc(Nc4nc(CN5CCN[C@@H](CO)C5)cs4)n3)n2)n1. The van der Waals surface area contributed by atoms with Crippen molar-refractivity contribution in [1.82, 2.24) is 40.1 Å². The van der Waals surface area contributed by atoms with Gasteiger partial charge in [0.15, 0.2) is 11.0 Å². The number of aliphatic hydroxyl groups is 1. The van der Waals surface area contributed by atoms with Crippen LogP contribution in [0.5, 0.6) is 0 Å². The Morgan fingerprint density at radius 3 is 2.77 bits per heavy atom. The Hall–Kier alpha value is -3.58. The average molecular weight is 491 g/mol. The maximum absolute atomic E-state index is 9.39. The molecular weight excluding hydrogens is 464 g/mol. The number of nitrogens with one attached hydrogen (secondary N) is 3. The van der Waals surface area contributed by atoms with Crippen molar-refractivity contribution in [3.05, 3.63) is 59.5 Å². The van der Waals surface area contributed by atoms with Gasteiger partial charge >= 0.3 is 0 Å². The van der Waals surface area contributed by atoms with E-state index in [1.165, 1.54) is 11.3 Å². The Morgan fingerprint density at radius 2 is 1.91 bits per heavy atom. The van der Waals surface area contributed by atoms with Gasteiger partial charge in [-0.2, -0.15) is 4.98 Å². The summed E-state index contributed by atoms with van der Waals surface area (Å²) in [5.41, 5.74) is 2.60. The molecule has 1 aliphatic rings. The van der Waals surface area contributed by atoms with Crippen LogP contribution < -0.4 is 16.0 Å². The van der Waals surface area contributed by atoms with Gasteiger partial charge < -0.3 is 15.7 Å². The highest BCUT2D eigenvalue weighted by Gasteiger charge is 2.19. The first-order valence-electron chi connectivity index (χ1n) is 11.3. The highest BCUT2D eigenvalue weighted by atomic mass is 32.1. The van der Waals surface area contributed by atoms with Crippen LogP contribution in [-0.2, 0) is 6.54 Å². The molecule has 0 aromatic carbocycles. The molecule has 180 valence electrons. The summed E-state index contributed by atoms with van der Waals surface area (Å²) < 4.78 is 0. The fourth-order valence-corrected chi connectivity index (χ4v) is 4.46. The lowest BCUT2D eigenvalue weighted by Gasteiger charge is -2.32. The Morgan fingerprint density at radius 1 is 1.06 bits per heavy atom. The molecule has 5 heterocycles. The minimum Gasteiger partial charge on any atom is -0.395 e. The molecule has 1 saturated heterocycles. The van der Waals surface area contributed by atoms with Crippen molar-refractivity contribution in [2.75, 3.05) is 36.9 Å². The Balaban J connectivity index is 1.23. The maximum atomic E-state index is 9.39. The third-order valence-corrected chi connectivity index (χ3v) is 6.21. The Bertz CT molecular complexity index is 1280. The van der Waals surface area contributed by atoms with Crippen LogP contribution >= 0.6 is 11.3 Å². The van der Waals surface area contributed by atoms with Gasteiger partial charge in [-0.1, -0.05) is 6.07 Å². The molecule has 0 bridgehead atoms. The van der Waals surface area contributed by atoms with Crippen molar-refractivity contribution in [1.29, 1.82) is 0 Å². The molecule has 0 unspecified atom stereocenters. The number of hydrogen-bond donors (Lipinski definition) is 4. The summed E-state index contributed by atoms with van der Waals surface area (Å²) in [5, 5.41) is 21.8. The van der Waals surface area contributed by atoms with Gasteiger partial charge in [0.25, 0.3) is 0 Å². The van der Waals surface area contributed by atoms with Crippen LogP contribution in [-0.4, -0.2) is 72.2 Å². The van der Waals surface area contributed by atoms with Crippen LogP contribution in [0.3, 0.4) is 0 Å². The Labute approximate surface area is 206 Å². The van der Waals surface area contributed by atoms with E-state index in [0.717, 1.165) is 42.7 Å². The number of rotatable bonds is 8. The minimum atomic E-state index is 0.114. The van der Waals surface area contributed by atoms with Gasteiger partial charge in [0.05, 0.1) is 12.3 Å². The van der Waals surface area contributed by atoms with E-state index < -0.39 is 0 Å². The van der Waals surface area contributed by atoms with Crippen molar-refractivity contribution < 1.29 is 5.11 Å². The summed E-state index contributed by atoms with van der Waals surface area (Å²) >= 11 is 1.51. The van der Waals surface area contributed by atoms with Gasteiger partial charge in [0, 0.05) is 55.7 Å². The Kier molecular flexibility index (Phi) is 7.14. The number of pyridine rings is 1. The largest absolute Gasteiger partial charge is 0.395 e. The quantitative estimate of drug-likeness (QED) is 0.290. The smallest absolute Gasteiger partial charge is 0.230 e. The van der Waals surface area contributed by atoms with Crippen molar-refractivity contribution >= 4 is 34.1 Å². The van der Waals surface area contributed by atoms with Crippen LogP contribution in [0.4, 0.5) is 22.7 Å². The number of thiazole rings is 1. The van der Waals surface area contributed by atoms with Crippen molar-refractivity contribution in [2.45, 2.75) is 19.5 Å². The molecule has 1 aliphatic heterocycles. The summed E-state index contributed by atoms with van der Waals surface area (Å²) in [6, 6.07) is 9.41. The molecule has 4 N–H and O–H groups in total. The highest BCUT2D eigenvalue weighted by Crippen LogP contribution is 2.22. The number of nitrogens with zero attached hydrogens (tertiary/aromatic N) is 7. The molecule has 12 heteroatoms. The molecule has 1 fully saturated rings. The molecule has 4 aromatic rings. The predicted octanol–water partition coefficient (Wildman–Crippen LogP) is 2.35. The summed E-state index contributed by atoms with van der Waals surface area (Å²) in [6.07, 6.45) is 3.36. The summed E-state index contributed by atoms with van der Waals surface area (Å²) in [7, 11) is 0. The van der Waals surface area contributed by atoms with Gasteiger partial charge in [-0.25, -0.2) is 24.9 Å². The molecule has 0 aliphatic carbocycles.